The highest BCUT2D eigenvalue weighted by molar-refractivity contribution is 7.19. The molecule has 0 aliphatic heterocycles. The van der Waals surface area contributed by atoms with E-state index in [1.54, 1.807) is 11.2 Å². The standard InChI is InChI=1S/C21H31N3S/c1-2-4-6-8-11-16(12-9-7-5-3-1)24-20-19-17-13-10-14-18(17)25-21(19)23-15-22-20/h15-16H,1-14H2,(H,22,23,24). The van der Waals surface area contributed by atoms with Gasteiger partial charge in [0.1, 0.15) is 17.0 Å². The third-order valence-electron chi connectivity index (χ3n) is 5.95. The summed E-state index contributed by atoms with van der Waals surface area (Å²) in [7, 11) is 0. The number of rotatable bonds is 2. The van der Waals surface area contributed by atoms with Crippen molar-refractivity contribution in [1.82, 2.24) is 9.97 Å². The summed E-state index contributed by atoms with van der Waals surface area (Å²) in [5, 5.41) is 5.19. The van der Waals surface area contributed by atoms with Crippen LogP contribution in [0.4, 0.5) is 5.82 Å². The van der Waals surface area contributed by atoms with E-state index >= 15 is 0 Å². The van der Waals surface area contributed by atoms with Crippen LogP contribution in [-0.4, -0.2) is 16.0 Å². The second-order valence-electron chi connectivity index (χ2n) is 7.86. The summed E-state index contributed by atoms with van der Waals surface area (Å²) in [6.45, 7) is 0. The summed E-state index contributed by atoms with van der Waals surface area (Å²) >= 11 is 1.89. The molecule has 2 aliphatic carbocycles. The van der Waals surface area contributed by atoms with E-state index in [4.69, 9.17) is 0 Å². The second-order valence-corrected chi connectivity index (χ2v) is 8.94. The minimum Gasteiger partial charge on any atom is -0.367 e. The number of hydrogen-bond donors (Lipinski definition) is 1. The molecule has 2 heterocycles. The number of thiophene rings is 1. The fourth-order valence-electron chi connectivity index (χ4n) is 4.54. The second kappa shape index (κ2) is 8.48. The molecular weight excluding hydrogens is 326 g/mol. The van der Waals surface area contributed by atoms with Gasteiger partial charge >= 0.3 is 0 Å². The zero-order valence-electron chi connectivity index (χ0n) is 15.4. The Kier molecular flexibility index (Phi) is 5.86. The van der Waals surface area contributed by atoms with Crippen LogP contribution in [-0.2, 0) is 12.8 Å². The molecule has 0 radical (unpaired) electrons. The maximum Gasteiger partial charge on any atom is 0.138 e. The Morgan fingerprint density at radius 1 is 0.800 bits per heavy atom. The Morgan fingerprint density at radius 2 is 1.48 bits per heavy atom. The van der Waals surface area contributed by atoms with Gasteiger partial charge in [-0.05, 0) is 37.7 Å². The highest BCUT2D eigenvalue weighted by Crippen LogP contribution is 2.39. The third kappa shape index (κ3) is 4.16. The van der Waals surface area contributed by atoms with Gasteiger partial charge in [0, 0.05) is 10.9 Å². The Bertz CT molecular complexity index is 682. The molecule has 0 aromatic carbocycles. The van der Waals surface area contributed by atoms with Crippen LogP contribution in [0.3, 0.4) is 0 Å². The van der Waals surface area contributed by atoms with Crippen LogP contribution < -0.4 is 5.32 Å². The molecule has 0 bridgehead atoms. The van der Waals surface area contributed by atoms with Gasteiger partial charge in [0.2, 0.25) is 0 Å². The van der Waals surface area contributed by atoms with Crippen molar-refractivity contribution in [2.24, 2.45) is 0 Å². The summed E-state index contributed by atoms with van der Waals surface area (Å²) in [6, 6.07) is 0.578. The van der Waals surface area contributed by atoms with Crippen molar-refractivity contribution < 1.29 is 0 Å². The molecule has 25 heavy (non-hydrogen) atoms. The average Bonchev–Trinajstić information content (AvgIpc) is 3.18. The fourth-order valence-corrected chi connectivity index (χ4v) is 5.77. The molecule has 1 fully saturated rings. The molecule has 2 aromatic heterocycles. The predicted molar refractivity (Wildman–Crippen MR) is 108 cm³/mol. The van der Waals surface area contributed by atoms with Gasteiger partial charge in [-0.3, -0.25) is 0 Å². The highest BCUT2D eigenvalue weighted by Gasteiger charge is 2.22. The van der Waals surface area contributed by atoms with Crippen LogP contribution in [0.1, 0.15) is 87.5 Å². The monoisotopic (exact) mass is 357 g/mol. The summed E-state index contributed by atoms with van der Waals surface area (Å²) < 4.78 is 0. The SMILES string of the molecule is c1nc(NC2CCCCCCCCCCC2)c2c3c(sc2n1)CCC3. The van der Waals surface area contributed by atoms with E-state index in [2.05, 4.69) is 15.3 Å². The van der Waals surface area contributed by atoms with Crippen molar-refractivity contribution in [3.05, 3.63) is 16.8 Å². The summed E-state index contributed by atoms with van der Waals surface area (Å²) in [6.07, 6.45) is 20.7. The van der Waals surface area contributed by atoms with Crippen LogP contribution in [0.25, 0.3) is 10.2 Å². The molecule has 0 unspecified atom stereocenters. The van der Waals surface area contributed by atoms with E-state index in [-0.39, 0.29) is 0 Å². The lowest BCUT2D eigenvalue weighted by atomic mass is 9.98. The Morgan fingerprint density at radius 3 is 2.20 bits per heavy atom. The van der Waals surface area contributed by atoms with E-state index in [1.165, 1.54) is 106 Å². The molecule has 2 aromatic rings. The van der Waals surface area contributed by atoms with Crippen LogP contribution >= 0.6 is 11.3 Å². The Labute approximate surface area is 155 Å². The largest absolute Gasteiger partial charge is 0.367 e. The van der Waals surface area contributed by atoms with Gasteiger partial charge < -0.3 is 5.32 Å². The molecule has 4 heteroatoms. The van der Waals surface area contributed by atoms with E-state index in [0.717, 1.165) is 5.82 Å². The van der Waals surface area contributed by atoms with Crippen molar-refractivity contribution in [1.29, 1.82) is 0 Å². The molecular formula is C21H31N3S. The first-order valence-corrected chi connectivity index (χ1v) is 11.3. The van der Waals surface area contributed by atoms with Crippen LogP contribution in [0.2, 0.25) is 0 Å². The van der Waals surface area contributed by atoms with Gasteiger partial charge in [0.05, 0.1) is 5.39 Å². The number of nitrogens with zero attached hydrogens (tertiary/aromatic N) is 2. The fraction of sp³-hybridized carbons (Fsp3) is 0.714. The van der Waals surface area contributed by atoms with Crippen molar-refractivity contribution >= 4 is 27.4 Å². The molecule has 0 saturated heterocycles. The van der Waals surface area contributed by atoms with Crippen LogP contribution in [0.5, 0.6) is 0 Å². The molecule has 1 saturated carbocycles. The molecule has 1 N–H and O–H groups in total. The molecule has 2 aliphatic rings. The van der Waals surface area contributed by atoms with E-state index in [9.17, 15) is 0 Å². The lowest BCUT2D eigenvalue weighted by molar-refractivity contribution is 0.480. The zero-order chi connectivity index (χ0) is 16.9. The molecule has 4 rings (SSSR count). The van der Waals surface area contributed by atoms with E-state index < -0.39 is 0 Å². The van der Waals surface area contributed by atoms with Gasteiger partial charge in [0.15, 0.2) is 0 Å². The van der Waals surface area contributed by atoms with Crippen molar-refractivity contribution in [3.63, 3.8) is 0 Å². The number of nitrogens with one attached hydrogen (secondary N) is 1. The minimum atomic E-state index is 0.578. The van der Waals surface area contributed by atoms with E-state index in [1.807, 2.05) is 11.3 Å². The zero-order valence-corrected chi connectivity index (χ0v) is 16.2. The molecule has 0 amide bonds. The van der Waals surface area contributed by atoms with Gasteiger partial charge in [0.25, 0.3) is 0 Å². The van der Waals surface area contributed by atoms with Gasteiger partial charge in [-0.25, -0.2) is 9.97 Å². The van der Waals surface area contributed by atoms with Gasteiger partial charge in [-0.2, -0.15) is 0 Å². The number of aromatic nitrogens is 2. The van der Waals surface area contributed by atoms with Crippen molar-refractivity contribution in [2.75, 3.05) is 5.32 Å². The van der Waals surface area contributed by atoms with E-state index in [0.29, 0.717) is 6.04 Å². The number of hydrogen-bond acceptors (Lipinski definition) is 4. The maximum absolute atomic E-state index is 4.66. The van der Waals surface area contributed by atoms with Crippen molar-refractivity contribution in [3.8, 4) is 0 Å². The van der Waals surface area contributed by atoms with Gasteiger partial charge in [-0.15, -0.1) is 11.3 Å². The topological polar surface area (TPSA) is 37.8 Å². The predicted octanol–water partition coefficient (Wildman–Crippen LogP) is 6.27. The first-order chi connectivity index (χ1) is 12.4. The summed E-state index contributed by atoms with van der Waals surface area (Å²) in [5.41, 5.74) is 1.54. The molecule has 3 nitrogen and oxygen atoms in total. The summed E-state index contributed by atoms with van der Waals surface area (Å²) in [5.74, 6) is 1.11. The number of fused-ring (bicyclic) bond motifs is 3. The van der Waals surface area contributed by atoms with Crippen molar-refractivity contribution in [2.45, 2.75) is 95.9 Å². The highest BCUT2D eigenvalue weighted by atomic mass is 32.1. The normalized spacial score (nSPS) is 20.8. The van der Waals surface area contributed by atoms with Gasteiger partial charge in [-0.1, -0.05) is 57.8 Å². The smallest absolute Gasteiger partial charge is 0.138 e. The molecule has 0 atom stereocenters. The lowest BCUT2D eigenvalue weighted by Gasteiger charge is -2.20. The number of anilines is 1. The van der Waals surface area contributed by atoms with Crippen LogP contribution in [0, 0.1) is 0 Å². The lowest BCUT2D eigenvalue weighted by Crippen LogP contribution is -2.20. The molecule has 0 spiro atoms. The summed E-state index contributed by atoms with van der Waals surface area (Å²) in [4.78, 5) is 12.0. The number of aryl methyl sites for hydroxylation is 2. The first kappa shape index (κ1) is 17.3. The minimum absolute atomic E-state index is 0.578. The maximum atomic E-state index is 4.66. The molecule has 136 valence electrons. The quantitative estimate of drug-likeness (QED) is 0.688. The van der Waals surface area contributed by atoms with Crippen LogP contribution in [0.15, 0.2) is 6.33 Å². The Hall–Kier alpha value is -1.16. The average molecular weight is 358 g/mol. The third-order valence-corrected chi connectivity index (χ3v) is 7.15. The Balaban J connectivity index is 1.50. The first-order valence-electron chi connectivity index (χ1n) is 10.4.